The lowest BCUT2D eigenvalue weighted by molar-refractivity contribution is -0.118. The molecule has 0 spiro atoms. The van der Waals surface area contributed by atoms with Gasteiger partial charge in [0.1, 0.15) is 17.4 Å². The number of hydrogen-bond acceptors (Lipinski definition) is 5. The number of aromatic nitrogens is 2. The van der Waals surface area contributed by atoms with Gasteiger partial charge in [0.15, 0.2) is 0 Å². The molecule has 1 unspecified atom stereocenters. The Balaban J connectivity index is 1.54. The summed E-state index contributed by atoms with van der Waals surface area (Å²) in [5, 5.41) is 2.82. The number of benzene rings is 1. The molecule has 8 heteroatoms. The number of nitrogens with zero attached hydrogens (tertiary/aromatic N) is 3. The number of carbonyl (C=O) groups is 2. The average molecular weight is 448 g/mol. The molecule has 0 saturated carbocycles. The first-order valence-electron chi connectivity index (χ1n) is 10.7. The number of ether oxygens (including phenoxy) is 1. The van der Waals surface area contributed by atoms with Crippen LogP contribution in [0.3, 0.4) is 0 Å². The number of amides is 2. The third-order valence-corrected chi connectivity index (χ3v) is 5.65. The highest BCUT2D eigenvalue weighted by Gasteiger charge is 2.34. The summed E-state index contributed by atoms with van der Waals surface area (Å²) in [6, 6.07) is 9.18. The van der Waals surface area contributed by atoms with Crippen LogP contribution in [0.5, 0.6) is 11.6 Å². The average Bonchev–Trinajstić information content (AvgIpc) is 3.12. The zero-order valence-electron chi connectivity index (χ0n) is 18.9. The normalized spacial score (nSPS) is 13.8. The van der Waals surface area contributed by atoms with Crippen molar-refractivity contribution in [2.45, 2.75) is 40.3 Å². The van der Waals surface area contributed by atoms with Gasteiger partial charge in [-0.3, -0.25) is 9.59 Å². The van der Waals surface area contributed by atoms with Gasteiger partial charge in [-0.05, 0) is 43.7 Å². The van der Waals surface area contributed by atoms with Crippen LogP contribution in [0.4, 0.5) is 10.2 Å². The maximum Gasteiger partial charge on any atom is 0.255 e. The van der Waals surface area contributed by atoms with Crippen molar-refractivity contribution in [3.63, 3.8) is 0 Å². The second kappa shape index (κ2) is 8.97. The van der Waals surface area contributed by atoms with Gasteiger partial charge in [0, 0.05) is 41.1 Å². The van der Waals surface area contributed by atoms with E-state index in [1.54, 1.807) is 43.1 Å². The number of aryl methyl sites for hydroxylation is 1. The molecule has 170 valence electrons. The number of pyridine rings is 2. The molecule has 1 N–H and O–H groups in total. The number of rotatable bonds is 6. The standard InChI is InChI=1S/C25H25FN4O3/c1-14(2)23(31)29-22-21-13-30(25(32)20(21)8-9-27-22)16(4)17-10-15(3)24(28-12-17)33-19-7-5-6-18(26)11-19/h5-12,14,16H,13H2,1-4H3,(H,27,29,31). The van der Waals surface area contributed by atoms with E-state index >= 15 is 0 Å². The van der Waals surface area contributed by atoms with Crippen molar-refractivity contribution in [2.24, 2.45) is 5.92 Å². The van der Waals surface area contributed by atoms with Crippen molar-refractivity contribution in [3.8, 4) is 11.6 Å². The number of carbonyl (C=O) groups excluding carboxylic acids is 2. The van der Waals surface area contributed by atoms with E-state index in [0.717, 1.165) is 11.1 Å². The minimum absolute atomic E-state index is 0.127. The summed E-state index contributed by atoms with van der Waals surface area (Å²) < 4.78 is 19.1. The number of halogens is 1. The molecule has 1 aliphatic rings. The minimum Gasteiger partial charge on any atom is -0.439 e. The van der Waals surface area contributed by atoms with Crippen molar-refractivity contribution in [2.75, 3.05) is 5.32 Å². The maximum atomic E-state index is 13.4. The number of fused-ring (bicyclic) bond motifs is 1. The molecule has 3 aromatic rings. The molecule has 0 aliphatic carbocycles. The molecule has 0 bridgehead atoms. The molecule has 0 radical (unpaired) electrons. The summed E-state index contributed by atoms with van der Waals surface area (Å²) in [7, 11) is 0. The topological polar surface area (TPSA) is 84.4 Å². The molecule has 2 aromatic heterocycles. The predicted octanol–water partition coefficient (Wildman–Crippen LogP) is 5.03. The molecule has 2 amide bonds. The number of hydrogen-bond donors (Lipinski definition) is 1. The largest absolute Gasteiger partial charge is 0.439 e. The highest BCUT2D eigenvalue weighted by atomic mass is 19.1. The first-order valence-corrected chi connectivity index (χ1v) is 10.7. The zero-order valence-corrected chi connectivity index (χ0v) is 18.9. The lowest BCUT2D eigenvalue weighted by Crippen LogP contribution is -2.27. The smallest absolute Gasteiger partial charge is 0.255 e. The van der Waals surface area contributed by atoms with Crippen LogP contribution in [0.25, 0.3) is 0 Å². The van der Waals surface area contributed by atoms with Crippen LogP contribution < -0.4 is 10.1 Å². The van der Waals surface area contributed by atoms with Crippen molar-refractivity contribution in [1.29, 1.82) is 0 Å². The van der Waals surface area contributed by atoms with E-state index in [0.29, 0.717) is 35.1 Å². The van der Waals surface area contributed by atoms with E-state index in [-0.39, 0.29) is 29.6 Å². The van der Waals surface area contributed by atoms with Gasteiger partial charge in [0.2, 0.25) is 11.8 Å². The summed E-state index contributed by atoms with van der Waals surface area (Å²) in [5.41, 5.74) is 2.84. The molecule has 0 saturated heterocycles. The molecule has 0 fully saturated rings. The predicted molar refractivity (Wildman–Crippen MR) is 121 cm³/mol. The van der Waals surface area contributed by atoms with Gasteiger partial charge in [0.25, 0.3) is 5.91 Å². The van der Waals surface area contributed by atoms with Crippen molar-refractivity contribution >= 4 is 17.6 Å². The second-order valence-corrected chi connectivity index (χ2v) is 8.39. The van der Waals surface area contributed by atoms with Gasteiger partial charge in [-0.1, -0.05) is 19.9 Å². The van der Waals surface area contributed by atoms with Crippen LogP contribution in [0, 0.1) is 18.7 Å². The molecule has 1 atom stereocenters. The van der Waals surface area contributed by atoms with Crippen molar-refractivity contribution in [1.82, 2.24) is 14.9 Å². The summed E-state index contributed by atoms with van der Waals surface area (Å²) >= 11 is 0. The summed E-state index contributed by atoms with van der Waals surface area (Å²) in [5.74, 6) is 0.289. The van der Waals surface area contributed by atoms with Crippen LogP contribution in [0.2, 0.25) is 0 Å². The molecular formula is C25H25FN4O3. The van der Waals surface area contributed by atoms with Crippen LogP contribution in [-0.4, -0.2) is 26.7 Å². The molecular weight excluding hydrogens is 423 g/mol. The van der Waals surface area contributed by atoms with Gasteiger partial charge in [-0.25, -0.2) is 14.4 Å². The lowest BCUT2D eigenvalue weighted by atomic mass is 10.1. The third-order valence-electron chi connectivity index (χ3n) is 5.65. The number of nitrogens with one attached hydrogen (secondary N) is 1. The molecule has 1 aromatic carbocycles. The molecule has 7 nitrogen and oxygen atoms in total. The van der Waals surface area contributed by atoms with Crippen molar-refractivity contribution < 1.29 is 18.7 Å². The molecule has 4 rings (SSSR count). The fourth-order valence-corrected chi connectivity index (χ4v) is 3.67. The molecule has 33 heavy (non-hydrogen) atoms. The summed E-state index contributed by atoms with van der Waals surface area (Å²) in [6.45, 7) is 7.70. The van der Waals surface area contributed by atoms with Crippen LogP contribution in [0.15, 0.2) is 48.8 Å². The first kappa shape index (κ1) is 22.4. The van der Waals surface area contributed by atoms with E-state index in [4.69, 9.17) is 4.74 Å². The van der Waals surface area contributed by atoms with Gasteiger partial charge >= 0.3 is 0 Å². The first-order chi connectivity index (χ1) is 15.7. The highest BCUT2D eigenvalue weighted by Crippen LogP contribution is 2.35. The van der Waals surface area contributed by atoms with E-state index in [9.17, 15) is 14.0 Å². The summed E-state index contributed by atoms with van der Waals surface area (Å²) in [4.78, 5) is 35.7. The Morgan fingerprint density at radius 1 is 1.18 bits per heavy atom. The Labute approximate surface area is 191 Å². The van der Waals surface area contributed by atoms with E-state index in [1.807, 2.05) is 19.9 Å². The Morgan fingerprint density at radius 3 is 2.67 bits per heavy atom. The molecule has 1 aliphatic heterocycles. The van der Waals surface area contributed by atoms with E-state index in [2.05, 4.69) is 15.3 Å². The Hall–Kier alpha value is -3.81. The quantitative estimate of drug-likeness (QED) is 0.572. The van der Waals surface area contributed by atoms with Gasteiger partial charge in [0.05, 0.1) is 12.6 Å². The minimum atomic E-state index is -0.388. The Morgan fingerprint density at radius 2 is 1.97 bits per heavy atom. The summed E-state index contributed by atoms with van der Waals surface area (Å²) in [6.07, 6.45) is 3.19. The highest BCUT2D eigenvalue weighted by molar-refractivity contribution is 6.01. The van der Waals surface area contributed by atoms with Crippen LogP contribution in [0.1, 0.15) is 53.9 Å². The maximum absolute atomic E-state index is 13.4. The molecule has 3 heterocycles. The van der Waals surface area contributed by atoms with Crippen LogP contribution >= 0.6 is 0 Å². The third kappa shape index (κ3) is 4.55. The lowest BCUT2D eigenvalue weighted by Gasteiger charge is -2.25. The van der Waals surface area contributed by atoms with Gasteiger partial charge in [-0.15, -0.1) is 0 Å². The fraction of sp³-hybridized carbons (Fsp3) is 0.280. The Kier molecular flexibility index (Phi) is 6.09. The van der Waals surface area contributed by atoms with Crippen LogP contribution in [-0.2, 0) is 11.3 Å². The zero-order chi connectivity index (χ0) is 23.7. The van der Waals surface area contributed by atoms with Crippen molar-refractivity contribution in [3.05, 3.63) is 76.9 Å². The monoisotopic (exact) mass is 448 g/mol. The van der Waals surface area contributed by atoms with Gasteiger partial charge in [-0.2, -0.15) is 0 Å². The van der Waals surface area contributed by atoms with Gasteiger partial charge < -0.3 is 15.0 Å². The Bertz CT molecular complexity index is 1230. The van der Waals surface area contributed by atoms with E-state index < -0.39 is 0 Å². The fourth-order valence-electron chi connectivity index (χ4n) is 3.67. The van der Waals surface area contributed by atoms with E-state index in [1.165, 1.54) is 18.3 Å². The second-order valence-electron chi connectivity index (χ2n) is 8.39. The number of anilines is 1. The SMILES string of the molecule is Cc1cc(C(C)N2Cc3c(ccnc3NC(=O)C(C)C)C2=O)cnc1Oc1cccc(F)c1.